The maximum atomic E-state index is 14.2. The molecule has 5 aromatic rings. The first-order chi connectivity index (χ1) is 17.0. The molecule has 0 radical (unpaired) electrons. The SMILES string of the molecule is Cc1cc2c(nc(C)n2C)c2c1-c1cccc3c(C(=O)c4cc(F)c(N)c(F)c4)cn(c13)C[N+]2(C)[O-]. The largest absolute Gasteiger partial charge is 0.626 e. The zero-order chi connectivity index (χ0) is 25.7. The molecule has 0 saturated heterocycles. The molecule has 0 spiro atoms. The second-order valence-corrected chi connectivity index (χ2v) is 9.64. The third-order valence-corrected chi connectivity index (χ3v) is 7.22. The lowest BCUT2D eigenvalue weighted by molar-refractivity contribution is 0.103. The number of aromatic nitrogens is 3. The van der Waals surface area contributed by atoms with Crippen molar-refractivity contribution in [2.24, 2.45) is 7.05 Å². The molecule has 1 aliphatic rings. The first-order valence-corrected chi connectivity index (χ1v) is 11.4. The Bertz CT molecular complexity index is 1760. The van der Waals surface area contributed by atoms with Crippen LogP contribution in [-0.4, -0.2) is 26.9 Å². The third kappa shape index (κ3) is 2.90. The predicted octanol–water partition coefficient (Wildman–Crippen LogP) is 5.31. The lowest BCUT2D eigenvalue weighted by atomic mass is 9.94. The number of hydroxylamine groups is 2. The highest BCUT2D eigenvalue weighted by molar-refractivity contribution is 6.19. The predicted molar refractivity (Wildman–Crippen MR) is 136 cm³/mol. The van der Waals surface area contributed by atoms with Crippen LogP contribution in [0, 0.1) is 30.7 Å². The number of hydrogen-bond acceptors (Lipinski definition) is 4. The number of carbonyl (C=O) groups excluding carboxylic acids is 1. The van der Waals surface area contributed by atoms with Crippen molar-refractivity contribution < 1.29 is 13.6 Å². The molecular formula is C27H23F2N5O2. The molecule has 6 rings (SSSR count). The van der Waals surface area contributed by atoms with Crippen molar-refractivity contribution in [1.82, 2.24) is 18.8 Å². The van der Waals surface area contributed by atoms with Crippen LogP contribution in [0.15, 0.2) is 42.6 Å². The third-order valence-electron chi connectivity index (χ3n) is 7.22. The minimum Gasteiger partial charge on any atom is -0.626 e. The van der Waals surface area contributed by atoms with Gasteiger partial charge >= 0.3 is 0 Å². The molecule has 0 amide bonds. The highest BCUT2D eigenvalue weighted by Gasteiger charge is 2.34. The smallest absolute Gasteiger partial charge is 0.195 e. The van der Waals surface area contributed by atoms with Gasteiger partial charge in [0.05, 0.1) is 23.6 Å². The van der Waals surface area contributed by atoms with Crippen molar-refractivity contribution in [3.63, 3.8) is 0 Å². The molecule has 0 fully saturated rings. The molecule has 0 aliphatic carbocycles. The van der Waals surface area contributed by atoms with Gasteiger partial charge in [0.15, 0.2) is 23.7 Å². The van der Waals surface area contributed by atoms with E-state index >= 15 is 0 Å². The Morgan fingerprint density at radius 2 is 1.86 bits per heavy atom. The van der Waals surface area contributed by atoms with E-state index in [1.165, 1.54) is 0 Å². The van der Waals surface area contributed by atoms with Crippen molar-refractivity contribution in [2.75, 3.05) is 12.8 Å². The molecule has 9 heteroatoms. The molecule has 0 bridgehead atoms. The molecule has 2 N–H and O–H groups in total. The van der Waals surface area contributed by atoms with E-state index in [1.54, 1.807) is 23.9 Å². The first-order valence-electron chi connectivity index (χ1n) is 11.4. The molecule has 1 unspecified atom stereocenters. The van der Waals surface area contributed by atoms with E-state index in [-0.39, 0.29) is 17.8 Å². The Kier molecular flexibility index (Phi) is 4.49. The zero-order valence-electron chi connectivity index (χ0n) is 20.2. The van der Waals surface area contributed by atoms with Gasteiger partial charge < -0.3 is 20.2 Å². The fourth-order valence-corrected chi connectivity index (χ4v) is 5.44. The fraction of sp³-hybridized carbons (Fsp3) is 0.185. The molecule has 1 atom stereocenters. The number of hydrogen-bond donors (Lipinski definition) is 1. The lowest BCUT2D eigenvalue weighted by Gasteiger charge is -2.38. The van der Waals surface area contributed by atoms with Gasteiger partial charge in [-0.15, -0.1) is 0 Å². The summed E-state index contributed by atoms with van der Waals surface area (Å²) in [7, 11) is 3.50. The molecule has 7 nitrogen and oxygen atoms in total. The maximum Gasteiger partial charge on any atom is 0.195 e. The molecule has 3 heterocycles. The summed E-state index contributed by atoms with van der Waals surface area (Å²) in [5.74, 6) is -1.74. The van der Waals surface area contributed by atoms with Crippen molar-refractivity contribution in [3.8, 4) is 11.1 Å². The zero-order valence-corrected chi connectivity index (χ0v) is 20.2. The van der Waals surface area contributed by atoms with E-state index in [1.807, 2.05) is 43.7 Å². The maximum absolute atomic E-state index is 14.2. The van der Waals surface area contributed by atoms with Crippen LogP contribution < -0.4 is 10.4 Å². The molecule has 3 aromatic carbocycles. The van der Waals surface area contributed by atoms with Crippen molar-refractivity contribution >= 4 is 39.1 Å². The molecule has 2 aromatic heterocycles. The van der Waals surface area contributed by atoms with Crippen LogP contribution in [0.25, 0.3) is 33.1 Å². The quantitative estimate of drug-likeness (QED) is 0.158. The average Bonchev–Trinajstić information content (AvgIpc) is 3.28. The Balaban J connectivity index is 1.66. The molecule has 0 saturated carbocycles. The van der Waals surface area contributed by atoms with Gasteiger partial charge in [0.2, 0.25) is 0 Å². The molecule has 1 aliphatic heterocycles. The van der Waals surface area contributed by atoms with E-state index in [4.69, 9.17) is 10.7 Å². The number of nitrogens with zero attached hydrogens (tertiary/aromatic N) is 4. The number of halogens is 2. The number of imidazole rings is 1. The topological polar surface area (TPSA) is 88.9 Å². The van der Waals surface area contributed by atoms with Crippen LogP contribution in [0.5, 0.6) is 0 Å². The molecule has 36 heavy (non-hydrogen) atoms. The standard InChI is InChI=1S/C27H23F2N5O2/c1-13-8-21-24(31-14(2)32(21)3)26-22(13)17-7-5-6-16-18(11-33(25(16)17)12-34(26,4)36)27(35)15-9-19(28)23(30)20(29)10-15/h5-11H,12,30H2,1-4H3. The van der Waals surface area contributed by atoms with E-state index in [0.717, 1.165) is 40.2 Å². The summed E-state index contributed by atoms with van der Waals surface area (Å²) in [6.07, 6.45) is 1.60. The summed E-state index contributed by atoms with van der Waals surface area (Å²) in [5, 5.41) is 14.8. The van der Waals surface area contributed by atoms with E-state index in [9.17, 15) is 18.8 Å². The van der Waals surface area contributed by atoms with Crippen LogP contribution in [0.4, 0.5) is 20.2 Å². The van der Waals surface area contributed by atoms with Gasteiger partial charge in [-0.25, -0.2) is 13.8 Å². The number of rotatable bonds is 2. The molecule has 182 valence electrons. The van der Waals surface area contributed by atoms with Crippen molar-refractivity contribution in [2.45, 2.75) is 20.5 Å². The van der Waals surface area contributed by atoms with Crippen LogP contribution in [0.1, 0.15) is 27.3 Å². The van der Waals surface area contributed by atoms with E-state index in [2.05, 4.69) is 0 Å². The Morgan fingerprint density at radius 1 is 1.17 bits per heavy atom. The second-order valence-electron chi connectivity index (χ2n) is 9.64. The summed E-state index contributed by atoms with van der Waals surface area (Å²) in [4.78, 5) is 18.2. The van der Waals surface area contributed by atoms with Gasteiger partial charge in [0, 0.05) is 35.3 Å². The monoisotopic (exact) mass is 487 g/mol. The number of carbonyl (C=O) groups is 1. The van der Waals surface area contributed by atoms with Gasteiger partial charge in [-0.05, 0) is 37.6 Å². The minimum atomic E-state index is -0.994. The minimum absolute atomic E-state index is 0.00751. The number of quaternary nitrogens is 1. The summed E-state index contributed by atoms with van der Waals surface area (Å²) in [6, 6.07) is 9.43. The van der Waals surface area contributed by atoms with Gasteiger partial charge in [-0.1, -0.05) is 18.2 Å². The van der Waals surface area contributed by atoms with Gasteiger partial charge in [0.1, 0.15) is 23.1 Å². The number of para-hydroxylation sites is 1. The summed E-state index contributed by atoms with van der Waals surface area (Å²) < 4.78 is 31.2. The molecular weight excluding hydrogens is 464 g/mol. The lowest BCUT2D eigenvalue weighted by Crippen LogP contribution is -2.39. The van der Waals surface area contributed by atoms with E-state index < -0.39 is 27.8 Å². The Hall–Kier alpha value is -4.08. The Labute approximate surface area is 205 Å². The first kappa shape index (κ1) is 22.4. The number of fused-ring (bicyclic) bond motifs is 4. The number of anilines is 1. The summed E-state index contributed by atoms with van der Waals surface area (Å²) in [6.45, 7) is 3.86. The number of ketones is 1. The van der Waals surface area contributed by atoms with Gasteiger partial charge in [0.25, 0.3) is 0 Å². The van der Waals surface area contributed by atoms with Crippen molar-refractivity contribution in [1.29, 1.82) is 0 Å². The van der Waals surface area contributed by atoms with E-state index in [0.29, 0.717) is 22.1 Å². The van der Waals surface area contributed by atoms with Gasteiger partial charge in [-0.3, -0.25) is 9.36 Å². The average molecular weight is 488 g/mol. The van der Waals surface area contributed by atoms with Crippen LogP contribution in [-0.2, 0) is 13.7 Å². The summed E-state index contributed by atoms with van der Waals surface area (Å²) in [5.41, 5.74) is 10.2. The number of nitrogens with two attached hydrogens (primary N) is 1. The normalized spacial score (nSPS) is 17.0. The fourth-order valence-electron chi connectivity index (χ4n) is 5.44. The van der Waals surface area contributed by atoms with Crippen molar-refractivity contribution in [3.05, 3.63) is 82.0 Å². The highest BCUT2D eigenvalue weighted by atomic mass is 19.1. The number of nitrogen functional groups attached to an aromatic ring is 1. The number of aryl methyl sites for hydroxylation is 3. The second kappa shape index (κ2) is 7.22. The van der Waals surface area contributed by atoms with Crippen LogP contribution in [0.2, 0.25) is 0 Å². The Morgan fingerprint density at radius 3 is 2.56 bits per heavy atom. The van der Waals surface area contributed by atoms with Crippen LogP contribution in [0.3, 0.4) is 0 Å². The van der Waals surface area contributed by atoms with Crippen LogP contribution >= 0.6 is 0 Å². The highest BCUT2D eigenvalue weighted by Crippen LogP contribution is 2.47. The number of benzene rings is 3. The van der Waals surface area contributed by atoms with Gasteiger partial charge in [-0.2, -0.15) is 0 Å². The summed E-state index contributed by atoms with van der Waals surface area (Å²) >= 11 is 0.